The number of fused-ring (bicyclic) bond motifs is 2. The molecule has 25 heavy (non-hydrogen) atoms. The van der Waals surface area contributed by atoms with Crippen LogP contribution in [0, 0.1) is 6.08 Å². The van der Waals surface area contributed by atoms with E-state index in [1.807, 2.05) is 0 Å². The van der Waals surface area contributed by atoms with Gasteiger partial charge in [0, 0.05) is 0 Å². The molecular formula is C22H21Cl2Zr-. The molecule has 0 spiro atoms. The van der Waals surface area contributed by atoms with E-state index in [9.17, 15) is 0 Å². The van der Waals surface area contributed by atoms with Gasteiger partial charge in [-0.15, -0.1) is 11.6 Å². The van der Waals surface area contributed by atoms with Crippen molar-refractivity contribution in [3.63, 3.8) is 0 Å². The standard InChI is InChI=1S/C19H15.C3H6.2ClH.Zr/c1-13-12-15-7-3-5-9-17(15)19(13)18-11-10-14-6-2-4-8-16(14)18;1-3-2;;;/h2-10,12,18-19H,1H3;1-2H3;2*1H;/q-1;;;;+2/p-2. The van der Waals surface area contributed by atoms with Crippen LogP contribution in [-0.4, -0.2) is 3.21 Å². The van der Waals surface area contributed by atoms with Crippen molar-refractivity contribution < 1.29 is 49.0 Å². The van der Waals surface area contributed by atoms with Crippen LogP contribution in [0.4, 0.5) is 0 Å². The molecule has 3 heteroatoms. The average molecular weight is 448 g/mol. The molecular weight excluding hydrogens is 426 g/mol. The fourth-order valence-corrected chi connectivity index (χ4v) is 3.42. The van der Waals surface area contributed by atoms with Crippen LogP contribution >= 0.6 is 0 Å². The first kappa shape index (κ1) is 22.3. The zero-order valence-electron chi connectivity index (χ0n) is 14.7. The molecule has 4 rings (SSSR count). The van der Waals surface area contributed by atoms with Crippen molar-refractivity contribution in [2.24, 2.45) is 0 Å². The third-order valence-electron chi connectivity index (χ3n) is 4.29. The van der Waals surface area contributed by atoms with Crippen LogP contribution in [0.2, 0.25) is 0 Å². The second kappa shape index (κ2) is 9.81. The molecule has 2 aliphatic rings. The van der Waals surface area contributed by atoms with E-state index < -0.39 is 0 Å². The third kappa shape index (κ3) is 4.91. The largest absolute Gasteiger partial charge is 1.00 e. The summed E-state index contributed by atoms with van der Waals surface area (Å²) in [5.74, 6) is 0.826. The van der Waals surface area contributed by atoms with Gasteiger partial charge in [0.15, 0.2) is 0 Å². The summed E-state index contributed by atoms with van der Waals surface area (Å²) in [5, 5.41) is 0. The average Bonchev–Trinajstić information content (AvgIpc) is 3.06. The Labute approximate surface area is 178 Å². The van der Waals surface area contributed by atoms with Crippen LogP contribution in [0.15, 0.2) is 54.1 Å². The minimum absolute atomic E-state index is 0. The van der Waals surface area contributed by atoms with Gasteiger partial charge >= 0.3 is 41.3 Å². The summed E-state index contributed by atoms with van der Waals surface area (Å²) >= 11 is 1.55. The van der Waals surface area contributed by atoms with Crippen LogP contribution in [0.3, 0.4) is 0 Å². The molecule has 0 N–H and O–H groups in total. The van der Waals surface area contributed by atoms with Gasteiger partial charge in [0.1, 0.15) is 0 Å². The first-order valence-electron chi connectivity index (χ1n) is 8.05. The molecule has 2 atom stereocenters. The van der Waals surface area contributed by atoms with Crippen LogP contribution in [-0.2, 0) is 24.2 Å². The maximum Gasteiger partial charge on any atom is -1.00 e. The molecule has 2 aliphatic carbocycles. The summed E-state index contributed by atoms with van der Waals surface area (Å²) < 4.78 is 1.51. The van der Waals surface area contributed by atoms with E-state index in [4.69, 9.17) is 0 Å². The van der Waals surface area contributed by atoms with Crippen molar-refractivity contribution in [1.82, 2.24) is 0 Å². The number of hydrogen-bond acceptors (Lipinski definition) is 0. The Hall–Kier alpha value is -0.747. The maximum atomic E-state index is 3.57. The SMILES string of the molecule is CC1=Cc2ccccc2C1C1[C-]=Cc2ccccc21.C[C](C)=[Zr+2].[Cl-].[Cl-]. The summed E-state index contributed by atoms with van der Waals surface area (Å²) in [6.07, 6.45) is 8.04. The van der Waals surface area contributed by atoms with Gasteiger partial charge in [-0.05, 0) is 24.0 Å². The van der Waals surface area contributed by atoms with Crippen molar-refractivity contribution in [2.45, 2.75) is 32.6 Å². The molecule has 2 aromatic rings. The maximum absolute atomic E-state index is 3.57. The molecule has 0 nitrogen and oxygen atoms in total. The molecule has 0 heterocycles. The van der Waals surface area contributed by atoms with E-state index in [1.54, 1.807) is 24.2 Å². The van der Waals surface area contributed by atoms with Crippen LogP contribution in [0.1, 0.15) is 54.9 Å². The quantitative estimate of drug-likeness (QED) is 0.520. The first-order chi connectivity index (χ1) is 11.1. The van der Waals surface area contributed by atoms with Gasteiger partial charge in [0.2, 0.25) is 0 Å². The summed E-state index contributed by atoms with van der Waals surface area (Å²) in [4.78, 5) is 0. The Balaban J connectivity index is 0.000000476. The Morgan fingerprint density at radius 2 is 1.40 bits per heavy atom. The second-order valence-corrected chi connectivity index (χ2v) is 8.87. The fourth-order valence-electron chi connectivity index (χ4n) is 3.42. The number of halogens is 2. The molecule has 0 saturated heterocycles. The van der Waals surface area contributed by atoms with Crippen LogP contribution in [0.5, 0.6) is 0 Å². The summed E-state index contributed by atoms with van der Waals surface area (Å²) in [6, 6.07) is 17.4. The van der Waals surface area contributed by atoms with Gasteiger partial charge in [0.25, 0.3) is 0 Å². The van der Waals surface area contributed by atoms with E-state index in [-0.39, 0.29) is 24.8 Å². The van der Waals surface area contributed by atoms with Gasteiger partial charge < -0.3 is 24.8 Å². The molecule has 0 aliphatic heterocycles. The minimum Gasteiger partial charge on any atom is -1.00 e. The molecule has 2 unspecified atom stereocenters. The van der Waals surface area contributed by atoms with Gasteiger partial charge in [0.05, 0.1) is 0 Å². The zero-order valence-corrected chi connectivity index (χ0v) is 18.7. The van der Waals surface area contributed by atoms with Crippen LogP contribution in [0.25, 0.3) is 12.2 Å². The molecule has 0 radical (unpaired) electrons. The van der Waals surface area contributed by atoms with E-state index in [0.29, 0.717) is 11.8 Å². The van der Waals surface area contributed by atoms with Gasteiger partial charge in [-0.3, -0.25) is 6.08 Å². The van der Waals surface area contributed by atoms with Gasteiger partial charge in [-0.2, -0.15) is 5.56 Å². The van der Waals surface area contributed by atoms with Gasteiger partial charge in [-0.25, -0.2) is 6.08 Å². The van der Waals surface area contributed by atoms with Crippen LogP contribution < -0.4 is 24.8 Å². The fraction of sp³-hybridized carbons (Fsp3) is 0.227. The Morgan fingerprint density at radius 1 is 0.880 bits per heavy atom. The van der Waals surface area contributed by atoms with E-state index >= 15 is 0 Å². The monoisotopic (exact) mass is 445 g/mol. The molecule has 2 aromatic carbocycles. The second-order valence-electron chi connectivity index (χ2n) is 6.41. The molecule has 0 fully saturated rings. The number of rotatable bonds is 1. The third-order valence-corrected chi connectivity index (χ3v) is 4.29. The summed E-state index contributed by atoms with van der Waals surface area (Å²) in [5.41, 5.74) is 7.00. The van der Waals surface area contributed by atoms with Gasteiger partial charge in [-0.1, -0.05) is 60.0 Å². The topological polar surface area (TPSA) is 0 Å². The number of hydrogen-bond donors (Lipinski definition) is 0. The predicted molar refractivity (Wildman–Crippen MR) is 96.1 cm³/mol. The Kier molecular flexibility index (Phi) is 8.75. The zero-order chi connectivity index (χ0) is 16.4. The van der Waals surface area contributed by atoms with Crippen molar-refractivity contribution in [3.05, 3.63) is 82.4 Å². The summed E-state index contributed by atoms with van der Waals surface area (Å²) in [6.45, 7) is 6.49. The van der Waals surface area contributed by atoms with Crippen molar-refractivity contribution >= 4 is 15.4 Å². The van der Waals surface area contributed by atoms with E-state index in [2.05, 4.69) is 87.5 Å². The Bertz CT molecular complexity index is 801. The predicted octanol–water partition coefficient (Wildman–Crippen LogP) is -0.446. The van der Waals surface area contributed by atoms with E-state index in [0.717, 1.165) is 0 Å². The molecule has 0 bridgehead atoms. The first-order valence-corrected chi connectivity index (χ1v) is 9.28. The number of allylic oxidation sites excluding steroid dienone is 2. The molecule has 0 amide bonds. The molecule has 0 aromatic heterocycles. The van der Waals surface area contributed by atoms with Crippen molar-refractivity contribution in [1.29, 1.82) is 0 Å². The summed E-state index contributed by atoms with van der Waals surface area (Å²) in [7, 11) is 0. The smallest absolute Gasteiger partial charge is 1.00 e. The van der Waals surface area contributed by atoms with Crippen molar-refractivity contribution in [3.8, 4) is 0 Å². The molecule has 0 saturated carbocycles. The number of benzene rings is 2. The molecule has 128 valence electrons. The normalized spacial score (nSPS) is 18.7. The Morgan fingerprint density at radius 3 is 2.04 bits per heavy atom. The minimum atomic E-state index is 0. The van der Waals surface area contributed by atoms with E-state index in [1.165, 1.54) is 31.0 Å². The van der Waals surface area contributed by atoms with Crippen molar-refractivity contribution in [2.75, 3.05) is 0 Å².